The standard InChI is InChI=1S/C12H18N3O.C2H6.Re/c1-3-4-5-12(16)15-9-8-14(2)10-11(15)6-7-13;1-2;/h4-5,11H,1,3,6,8-10H2,2H3;1-2H3;/q-1;;/b5-4+;;. The van der Waals surface area contributed by atoms with Gasteiger partial charge in [0.25, 0.3) is 0 Å². The van der Waals surface area contributed by atoms with E-state index in [-0.39, 0.29) is 32.4 Å². The summed E-state index contributed by atoms with van der Waals surface area (Å²) in [5, 5.41) is 8.75. The van der Waals surface area contributed by atoms with Crippen molar-refractivity contribution in [2.24, 2.45) is 0 Å². The predicted molar refractivity (Wildman–Crippen MR) is 73.7 cm³/mol. The molecule has 0 saturated carbocycles. The largest absolute Gasteiger partial charge is 0.340 e. The molecule has 19 heavy (non-hydrogen) atoms. The first kappa shape index (κ1) is 20.6. The van der Waals surface area contributed by atoms with Crippen LogP contribution in [0.4, 0.5) is 0 Å². The van der Waals surface area contributed by atoms with Crippen LogP contribution in [0, 0.1) is 18.3 Å². The molecular formula is C14H24N3ORe-. The predicted octanol–water partition coefficient (Wildman–Crippen LogP) is 1.85. The maximum atomic E-state index is 11.8. The molecule has 0 spiro atoms. The van der Waals surface area contributed by atoms with E-state index < -0.39 is 0 Å². The molecule has 1 unspecified atom stereocenters. The van der Waals surface area contributed by atoms with Gasteiger partial charge in [0.1, 0.15) is 0 Å². The van der Waals surface area contributed by atoms with Crippen LogP contribution in [0.2, 0.25) is 0 Å². The van der Waals surface area contributed by atoms with Crippen LogP contribution in [-0.4, -0.2) is 48.4 Å². The molecule has 1 amide bonds. The van der Waals surface area contributed by atoms with Gasteiger partial charge in [-0.1, -0.05) is 13.8 Å². The van der Waals surface area contributed by atoms with E-state index in [0.717, 1.165) is 13.1 Å². The summed E-state index contributed by atoms with van der Waals surface area (Å²) in [6.45, 7) is 9.99. The average Bonchev–Trinajstić information content (AvgIpc) is 2.39. The van der Waals surface area contributed by atoms with E-state index >= 15 is 0 Å². The van der Waals surface area contributed by atoms with Crippen molar-refractivity contribution in [1.82, 2.24) is 9.80 Å². The maximum Gasteiger partial charge on any atom is 0.246 e. The quantitative estimate of drug-likeness (QED) is 0.501. The monoisotopic (exact) mass is 437 g/mol. The Kier molecular flexibility index (Phi) is 13.4. The van der Waals surface area contributed by atoms with E-state index in [9.17, 15) is 4.79 Å². The van der Waals surface area contributed by atoms with E-state index in [1.807, 2.05) is 20.9 Å². The Morgan fingerprint density at radius 1 is 1.47 bits per heavy atom. The van der Waals surface area contributed by atoms with Gasteiger partial charge >= 0.3 is 0 Å². The summed E-state index contributed by atoms with van der Waals surface area (Å²) in [6, 6.07) is 2.16. The third kappa shape index (κ3) is 7.48. The van der Waals surface area contributed by atoms with Gasteiger partial charge in [-0.2, -0.15) is 11.7 Å². The molecule has 0 aromatic heterocycles. The van der Waals surface area contributed by atoms with Crippen LogP contribution >= 0.6 is 0 Å². The molecule has 0 aromatic rings. The molecule has 109 valence electrons. The first-order chi connectivity index (χ1) is 8.69. The minimum atomic E-state index is -0.00278. The number of nitriles is 1. The Balaban J connectivity index is 0. The normalized spacial score (nSPS) is 19.1. The minimum Gasteiger partial charge on any atom is -0.340 e. The number of carbonyl (C=O) groups is 1. The SMILES string of the molecule is CC.[CH2-]C/C=C/C(=O)N1CCN(C)CC1CC#N.[Re]. The number of carbonyl (C=O) groups excluding carboxylic acids is 1. The Morgan fingerprint density at radius 2 is 2.11 bits per heavy atom. The number of likely N-dealkylation sites (N-methyl/N-ethyl adjacent to an activating group) is 1. The molecule has 0 aromatic carbocycles. The summed E-state index contributed by atoms with van der Waals surface area (Å²) in [6.07, 6.45) is 4.32. The fourth-order valence-corrected chi connectivity index (χ4v) is 1.86. The van der Waals surface area contributed by atoms with Gasteiger partial charge in [-0.15, -0.1) is 6.08 Å². The zero-order chi connectivity index (χ0) is 14.0. The Morgan fingerprint density at radius 3 is 2.63 bits per heavy atom. The third-order valence-corrected chi connectivity index (χ3v) is 2.72. The molecule has 1 aliphatic rings. The van der Waals surface area contributed by atoms with E-state index in [1.165, 1.54) is 0 Å². The van der Waals surface area contributed by atoms with Crippen molar-refractivity contribution in [2.75, 3.05) is 26.7 Å². The van der Waals surface area contributed by atoms with Crippen molar-refractivity contribution in [2.45, 2.75) is 32.7 Å². The summed E-state index contributed by atoms with van der Waals surface area (Å²) in [5.74, 6) is -0.00278. The summed E-state index contributed by atoms with van der Waals surface area (Å²) < 4.78 is 0. The molecule has 0 bridgehead atoms. The van der Waals surface area contributed by atoms with E-state index in [4.69, 9.17) is 5.26 Å². The van der Waals surface area contributed by atoms with Gasteiger partial charge in [-0.3, -0.25) is 4.79 Å². The van der Waals surface area contributed by atoms with Crippen LogP contribution < -0.4 is 0 Å². The number of allylic oxidation sites excluding steroid dienone is 1. The van der Waals surface area contributed by atoms with Crippen molar-refractivity contribution in [3.05, 3.63) is 19.1 Å². The van der Waals surface area contributed by atoms with Crippen molar-refractivity contribution in [3.63, 3.8) is 0 Å². The summed E-state index contributed by atoms with van der Waals surface area (Å²) in [5.41, 5.74) is 0. The van der Waals surface area contributed by atoms with Crippen LogP contribution in [0.3, 0.4) is 0 Å². The number of amides is 1. The van der Waals surface area contributed by atoms with Crippen molar-refractivity contribution in [3.8, 4) is 6.07 Å². The molecule has 1 aliphatic heterocycles. The first-order valence-electron chi connectivity index (χ1n) is 6.51. The van der Waals surface area contributed by atoms with Crippen LogP contribution in [-0.2, 0) is 25.2 Å². The van der Waals surface area contributed by atoms with E-state index in [2.05, 4.69) is 17.9 Å². The van der Waals surface area contributed by atoms with Gasteiger partial charge < -0.3 is 16.7 Å². The number of nitrogens with zero attached hydrogens (tertiary/aromatic N) is 3. The molecule has 4 nitrogen and oxygen atoms in total. The molecule has 1 fully saturated rings. The Hall–Kier alpha value is -0.678. The summed E-state index contributed by atoms with van der Waals surface area (Å²) >= 11 is 0. The number of piperazine rings is 1. The van der Waals surface area contributed by atoms with Gasteiger partial charge in [0, 0.05) is 40.1 Å². The van der Waals surface area contributed by atoms with E-state index in [1.54, 1.807) is 17.1 Å². The molecular weight excluding hydrogens is 412 g/mol. The van der Waals surface area contributed by atoms with Gasteiger partial charge in [0.2, 0.25) is 5.91 Å². The minimum absolute atomic E-state index is 0. The third-order valence-electron chi connectivity index (χ3n) is 2.72. The van der Waals surface area contributed by atoms with Gasteiger partial charge in [0.15, 0.2) is 0 Å². The second-order valence-electron chi connectivity index (χ2n) is 4.00. The fraction of sp³-hybridized carbons (Fsp3) is 0.643. The van der Waals surface area contributed by atoms with Crippen LogP contribution in [0.1, 0.15) is 26.7 Å². The van der Waals surface area contributed by atoms with Gasteiger partial charge in [0.05, 0.1) is 18.5 Å². The smallest absolute Gasteiger partial charge is 0.246 e. The second kappa shape index (κ2) is 12.4. The van der Waals surface area contributed by atoms with Crippen molar-refractivity contribution < 1.29 is 25.2 Å². The van der Waals surface area contributed by atoms with E-state index in [0.29, 0.717) is 19.4 Å². The Bertz CT molecular complexity index is 312. The van der Waals surface area contributed by atoms with Crippen LogP contribution in [0.15, 0.2) is 12.2 Å². The summed E-state index contributed by atoms with van der Waals surface area (Å²) in [4.78, 5) is 15.8. The number of hydrogen-bond acceptors (Lipinski definition) is 3. The fourth-order valence-electron chi connectivity index (χ4n) is 1.86. The molecule has 0 aliphatic carbocycles. The average molecular weight is 437 g/mol. The van der Waals surface area contributed by atoms with Crippen molar-refractivity contribution in [1.29, 1.82) is 5.26 Å². The molecule has 1 rings (SSSR count). The maximum absolute atomic E-state index is 11.8. The zero-order valence-electron chi connectivity index (χ0n) is 12.1. The first-order valence-corrected chi connectivity index (χ1v) is 6.51. The number of hydrogen-bond donors (Lipinski definition) is 0. The molecule has 1 heterocycles. The second-order valence-corrected chi connectivity index (χ2v) is 4.00. The Labute approximate surface area is 131 Å². The topological polar surface area (TPSA) is 47.3 Å². The van der Waals surface area contributed by atoms with Crippen LogP contribution in [0.25, 0.3) is 0 Å². The number of rotatable bonds is 3. The molecule has 1 atom stereocenters. The molecule has 1 radical (unpaired) electrons. The van der Waals surface area contributed by atoms with Gasteiger partial charge in [-0.05, 0) is 13.1 Å². The van der Waals surface area contributed by atoms with Gasteiger partial charge in [-0.25, -0.2) is 0 Å². The molecule has 0 N–H and O–H groups in total. The summed E-state index contributed by atoms with van der Waals surface area (Å²) in [7, 11) is 2.01. The zero-order valence-corrected chi connectivity index (χ0v) is 14.8. The molecule has 1 saturated heterocycles. The van der Waals surface area contributed by atoms with Crippen molar-refractivity contribution >= 4 is 5.91 Å². The van der Waals surface area contributed by atoms with Crippen LogP contribution in [0.5, 0.6) is 0 Å². The molecule has 5 heteroatoms.